The van der Waals surface area contributed by atoms with Crippen molar-refractivity contribution < 1.29 is 0 Å². The lowest BCUT2D eigenvalue weighted by molar-refractivity contribution is 0.902. The van der Waals surface area contributed by atoms with E-state index in [9.17, 15) is 0 Å². The van der Waals surface area contributed by atoms with E-state index >= 15 is 0 Å². The van der Waals surface area contributed by atoms with Crippen LogP contribution in [0.5, 0.6) is 0 Å². The minimum atomic E-state index is 0.754. The number of fused-ring (bicyclic) bond motifs is 2. The number of nitrogens with zero attached hydrogens (tertiary/aromatic N) is 2. The van der Waals surface area contributed by atoms with Crippen molar-refractivity contribution in [3.05, 3.63) is 39.7 Å². The Balaban J connectivity index is 2.13. The van der Waals surface area contributed by atoms with Gasteiger partial charge in [0.05, 0.1) is 0 Å². The van der Waals surface area contributed by atoms with Crippen molar-refractivity contribution in [3.63, 3.8) is 0 Å². The highest BCUT2D eigenvalue weighted by Gasteiger charge is 2.22. The van der Waals surface area contributed by atoms with E-state index in [-0.39, 0.29) is 0 Å². The number of nitriles is 1. The van der Waals surface area contributed by atoms with Crippen LogP contribution in [0.2, 0.25) is 0 Å². The van der Waals surface area contributed by atoms with Gasteiger partial charge in [-0.25, -0.2) is 4.98 Å². The molecule has 0 unspecified atom stereocenters. The van der Waals surface area contributed by atoms with Gasteiger partial charge >= 0.3 is 0 Å². The first kappa shape index (κ1) is 11.2. The number of aryl methyl sites for hydroxylation is 1. The van der Waals surface area contributed by atoms with Crippen molar-refractivity contribution in [1.29, 1.82) is 5.26 Å². The maximum absolute atomic E-state index is 9.11. The third kappa shape index (κ3) is 1.62. The largest absolute Gasteiger partial charge is 0.242 e. The van der Waals surface area contributed by atoms with E-state index in [0.717, 1.165) is 27.9 Å². The molecule has 0 spiro atoms. The van der Waals surface area contributed by atoms with E-state index in [1.54, 1.807) is 11.3 Å². The summed E-state index contributed by atoms with van der Waals surface area (Å²) in [5.41, 5.74) is 3.96. The molecule has 0 amide bonds. The minimum absolute atomic E-state index is 0.754. The highest BCUT2D eigenvalue weighted by molar-refractivity contribution is 7.19. The Morgan fingerprint density at radius 3 is 3.05 bits per heavy atom. The van der Waals surface area contributed by atoms with Gasteiger partial charge in [0.25, 0.3) is 0 Å². The average molecular weight is 282 g/mol. The summed E-state index contributed by atoms with van der Waals surface area (Å²) in [6, 6.07) is 8.50. The van der Waals surface area contributed by atoms with Gasteiger partial charge in [-0.1, -0.05) is 6.07 Å². The molecule has 2 nitrogen and oxygen atoms in total. The summed E-state index contributed by atoms with van der Waals surface area (Å²) in [5, 5.41) is 12.4. The number of aromatic nitrogens is 1. The van der Waals surface area contributed by atoms with Crippen LogP contribution in [0, 0.1) is 11.3 Å². The molecule has 0 atom stereocenters. The second-order valence-corrected chi connectivity index (χ2v) is 6.66. The van der Waals surface area contributed by atoms with E-state index in [0.29, 0.717) is 0 Å². The third-order valence-electron chi connectivity index (χ3n) is 3.59. The van der Waals surface area contributed by atoms with Gasteiger partial charge in [-0.15, -0.1) is 22.7 Å². The maximum Gasteiger partial charge on any atom is 0.125 e. The van der Waals surface area contributed by atoms with Crippen molar-refractivity contribution in [2.24, 2.45) is 0 Å². The molecule has 92 valence electrons. The fraction of sp³-hybridized carbons (Fsp3) is 0.200. The molecule has 3 aromatic heterocycles. The molecule has 0 aromatic carbocycles. The van der Waals surface area contributed by atoms with Crippen LogP contribution in [0.1, 0.15) is 22.6 Å². The smallest absolute Gasteiger partial charge is 0.125 e. The van der Waals surface area contributed by atoms with Gasteiger partial charge in [-0.2, -0.15) is 5.26 Å². The molecule has 19 heavy (non-hydrogen) atoms. The van der Waals surface area contributed by atoms with Crippen molar-refractivity contribution in [1.82, 2.24) is 4.98 Å². The summed E-state index contributed by atoms with van der Waals surface area (Å²) in [7, 11) is 0. The van der Waals surface area contributed by atoms with Crippen LogP contribution in [0.3, 0.4) is 0 Å². The van der Waals surface area contributed by atoms with Crippen LogP contribution in [-0.4, -0.2) is 4.98 Å². The number of thiophene rings is 2. The van der Waals surface area contributed by atoms with Gasteiger partial charge in [-0.3, -0.25) is 0 Å². The summed E-state index contributed by atoms with van der Waals surface area (Å²) in [5.74, 6) is 0. The molecule has 0 saturated heterocycles. The van der Waals surface area contributed by atoms with Crippen LogP contribution in [-0.2, 0) is 12.8 Å². The SMILES string of the molecule is N#Cc1cc2c(-c3cccs3)c3c(nc2s1)CCC3. The zero-order valence-electron chi connectivity index (χ0n) is 10.1. The Morgan fingerprint density at radius 2 is 2.26 bits per heavy atom. The summed E-state index contributed by atoms with van der Waals surface area (Å²) < 4.78 is 0. The number of hydrogen-bond donors (Lipinski definition) is 0. The Kier molecular flexibility index (Phi) is 2.44. The van der Waals surface area contributed by atoms with Crippen molar-refractivity contribution in [3.8, 4) is 16.5 Å². The molecule has 3 aromatic rings. The maximum atomic E-state index is 9.11. The minimum Gasteiger partial charge on any atom is -0.242 e. The predicted molar refractivity (Wildman–Crippen MR) is 79.7 cm³/mol. The van der Waals surface area contributed by atoms with E-state index in [1.807, 2.05) is 6.07 Å². The topological polar surface area (TPSA) is 36.7 Å². The normalized spacial score (nSPS) is 13.6. The first-order valence-corrected chi connectivity index (χ1v) is 7.95. The number of pyridine rings is 1. The first-order valence-electron chi connectivity index (χ1n) is 6.26. The zero-order valence-corrected chi connectivity index (χ0v) is 11.8. The fourth-order valence-electron chi connectivity index (χ4n) is 2.81. The van der Waals surface area contributed by atoms with Crippen LogP contribution < -0.4 is 0 Å². The molecule has 0 N–H and O–H groups in total. The van der Waals surface area contributed by atoms with Crippen LogP contribution in [0.4, 0.5) is 0 Å². The molecular formula is C15H10N2S2. The van der Waals surface area contributed by atoms with Crippen LogP contribution in [0.15, 0.2) is 23.6 Å². The average Bonchev–Trinajstić information content (AvgIpc) is 3.14. The van der Waals surface area contributed by atoms with Gasteiger partial charge in [0.15, 0.2) is 0 Å². The van der Waals surface area contributed by atoms with Crippen LogP contribution in [0.25, 0.3) is 20.7 Å². The summed E-state index contributed by atoms with van der Waals surface area (Å²) in [4.78, 5) is 7.83. The Bertz CT molecular complexity index is 807. The molecule has 4 heteroatoms. The van der Waals surface area contributed by atoms with Gasteiger partial charge in [0, 0.05) is 21.5 Å². The molecule has 0 aliphatic heterocycles. The van der Waals surface area contributed by atoms with Crippen molar-refractivity contribution in [2.75, 3.05) is 0 Å². The molecule has 3 heterocycles. The number of rotatable bonds is 1. The zero-order chi connectivity index (χ0) is 12.8. The summed E-state index contributed by atoms with van der Waals surface area (Å²) in [6.07, 6.45) is 3.38. The Morgan fingerprint density at radius 1 is 1.32 bits per heavy atom. The van der Waals surface area contributed by atoms with E-state index in [1.165, 1.54) is 39.5 Å². The molecule has 0 radical (unpaired) electrons. The van der Waals surface area contributed by atoms with Crippen LogP contribution >= 0.6 is 22.7 Å². The van der Waals surface area contributed by atoms with Gasteiger partial charge < -0.3 is 0 Å². The van der Waals surface area contributed by atoms with Crippen molar-refractivity contribution >= 4 is 32.9 Å². The second-order valence-electron chi connectivity index (χ2n) is 4.68. The summed E-state index contributed by atoms with van der Waals surface area (Å²) >= 11 is 3.27. The first-order chi connectivity index (χ1) is 9.36. The quantitative estimate of drug-likeness (QED) is 0.664. The van der Waals surface area contributed by atoms with E-state index in [4.69, 9.17) is 10.2 Å². The Labute approximate surface area is 119 Å². The lowest BCUT2D eigenvalue weighted by Gasteiger charge is -2.07. The lowest BCUT2D eigenvalue weighted by Crippen LogP contribution is -1.91. The highest BCUT2D eigenvalue weighted by Crippen LogP contribution is 2.41. The van der Waals surface area contributed by atoms with Gasteiger partial charge in [0.1, 0.15) is 15.8 Å². The summed E-state index contributed by atoms with van der Waals surface area (Å²) in [6.45, 7) is 0. The lowest BCUT2D eigenvalue weighted by atomic mass is 10.0. The second kappa shape index (κ2) is 4.16. The van der Waals surface area contributed by atoms with Gasteiger partial charge in [0.2, 0.25) is 0 Å². The fourth-order valence-corrected chi connectivity index (χ4v) is 4.48. The molecule has 1 aliphatic carbocycles. The molecule has 0 fully saturated rings. The van der Waals surface area contributed by atoms with Gasteiger partial charge in [-0.05, 0) is 42.3 Å². The number of hydrogen-bond acceptors (Lipinski definition) is 4. The molecule has 0 saturated carbocycles. The van der Waals surface area contributed by atoms with E-state index in [2.05, 4.69) is 23.6 Å². The molecular weight excluding hydrogens is 272 g/mol. The monoisotopic (exact) mass is 282 g/mol. The predicted octanol–water partition coefficient (Wildman–Crippen LogP) is 4.39. The van der Waals surface area contributed by atoms with E-state index < -0.39 is 0 Å². The molecule has 1 aliphatic rings. The third-order valence-corrected chi connectivity index (χ3v) is 5.41. The Hall–Kier alpha value is -1.70. The standard InChI is InChI=1S/C15H10N2S2/c16-8-9-7-11-14(13-5-2-6-18-13)10-3-1-4-12(10)17-15(11)19-9/h2,5-7H,1,3-4H2. The van der Waals surface area contributed by atoms with Crippen molar-refractivity contribution in [2.45, 2.75) is 19.3 Å². The molecule has 4 rings (SSSR count). The highest BCUT2D eigenvalue weighted by atomic mass is 32.1. The molecule has 0 bridgehead atoms.